The highest BCUT2D eigenvalue weighted by Crippen LogP contribution is 2.33. The summed E-state index contributed by atoms with van der Waals surface area (Å²) >= 11 is 5.53. The minimum Gasteiger partial charge on any atom is -0.493 e. The van der Waals surface area contributed by atoms with Crippen LogP contribution in [0.2, 0.25) is 0 Å². The Balaban J connectivity index is 2.12. The Bertz CT molecular complexity index is 423. The average molecular weight is 289 g/mol. The first-order valence-corrected chi connectivity index (χ1v) is 6.99. The van der Waals surface area contributed by atoms with Crippen LogP contribution < -0.4 is 4.74 Å². The predicted molar refractivity (Wildman–Crippen MR) is 70.9 cm³/mol. The molecule has 0 saturated heterocycles. The Labute approximate surface area is 117 Å². The Kier molecular flexibility index (Phi) is 5.02. The maximum Gasteiger partial charge on any atom is 0.125 e. The molecule has 0 amide bonds. The zero-order valence-electron chi connectivity index (χ0n) is 10.6. The second kappa shape index (κ2) is 6.55. The van der Waals surface area contributed by atoms with Gasteiger partial charge < -0.3 is 14.9 Å². The number of aliphatic hydroxyl groups is 2. The highest BCUT2D eigenvalue weighted by Gasteiger charge is 2.25. The fourth-order valence-electron chi connectivity index (χ4n) is 1.85. The number of benzene rings is 1. The van der Waals surface area contributed by atoms with E-state index in [2.05, 4.69) is 0 Å². The summed E-state index contributed by atoms with van der Waals surface area (Å²) in [5, 5.41) is 19.8. The summed E-state index contributed by atoms with van der Waals surface area (Å²) < 4.78 is 18.9. The maximum atomic E-state index is 13.3. The molecule has 0 spiro atoms. The Morgan fingerprint density at radius 1 is 1.37 bits per heavy atom. The number of rotatable bonds is 7. The van der Waals surface area contributed by atoms with Crippen molar-refractivity contribution in [3.8, 4) is 5.75 Å². The summed E-state index contributed by atoms with van der Waals surface area (Å²) in [6.45, 7) is 0.566. The van der Waals surface area contributed by atoms with Gasteiger partial charge in [-0.05, 0) is 43.4 Å². The van der Waals surface area contributed by atoms with Gasteiger partial charge in [0.25, 0.3) is 0 Å². The first-order valence-electron chi connectivity index (χ1n) is 6.46. The average Bonchev–Trinajstić information content (AvgIpc) is 3.20. The number of alkyl halides is 1. The Hall–Kier alpha value is -0.840. The number of ether oxygens (including phenoxy) is 1. The molecule has 106 valence electrons. The van der Waals surface area contributed by atoms with Crippen molar-refractivity contribution in [3.05, 3.63) is 29.6 Å². The van der Waals surface area contributed by atoms with Crippen molar-refractivity contribution in [2.45, 2.75) is 31.5 Å². The number of aliphatic hydroxyl groups excluding tert-OH is 2. The SMILES string of the molecule is OC(CCCl)C(O)c1cc(F)ccc1OCC1CC1. The summed E-state index contributed by atoms with van der Waals surface area (Å²) in [7, 11) is 0. The van der Waals surface area contributed by atoms with Crippen LogP contribution in [0.25, 0.3) is 0 Å². The summed E-state index contributed by atoms with van der Waals surface area (Å²) in [5.74, 6) is 0.745. The standard InChI is InChI=1S/C14H18ClFO3/c15-6-5-12(17)14(18)11-7-10(16)3-4-13(11)19-8-9-1-2-9/h3-4,7,9,12,14,17-18H,1-2,5-6,8H2. The fourth-order valence-corrected chi connectivity index (χ4v) is 2.07. The molecule has 2 rings (SSSR count). The molecule has 0 heterocycles. The quantitative estimate of drug-likeness (QED) is 0.758. The molecule has 2 atom stereocenters. The first kappa shape index (κ1) is 14.6. The lowest BCUT2D eigenvalue weighted by atomic mass is 10.0. The lowest BCUT2D eigenvalue weighted by molar-refractivity contribution is 0.0151. The van der Waals surface area contributed by atoms with Gasteiger partial charge in [0, 0.05) is 11.4 Å². The van der Waals surface area contributed by atoms with Crippen LogP contribution >= 0.6 is 11.6 Å². The van der Waals surface area contributed by atoms with Crippen molar-refractivity contribution in [2.24, 2.45) is 5.92 Å². The molecule has 0 radical (unpaired) electrons. The third-order valence-corrected chi connectivity index (χ3v) is 3.45. The molecule has 0 aliphatic heterocycles. The molecule has 19 heavy (non-hydrogen) atoms. The van der Waals surface area contributed by atoms with E-state index in [1.807, 2.05) is 0 Å². The third-order valence-electron chi connectivity index (χ3n) is 3.23. The van der Waals surface area contributed by atoms with E-state index in [1.165, 1.54) is 18.2 Å². The molecule has 1 aromatic rings. The molecule has 1 aliphatic carbocycles. The normalized spacial score (nSPS) is 18.1. The van der Waals surface area contributed by atoms with E-state index >= 15 is 0 Å². The molecule has 1 saturated carbocycles. The Morgan fingerprint density at radius 2 is 2.11 bits per heavy atom. The van der Waals surface area contributed by atoms with Crippen molar-refractivity contribution in [3.63, 3.8) is 0 Å². The molecule has 0 aromatic heterocycles. The van der Waals surface area contributed by atoms with Crippen LogP contribution in [0, 0.1) is 11.7 Å². The van der Waals surface area contributed by atoms with Crippen LogP contribution in [-0.4, -0.2) is 28.8 Å². The molecule has 1 aliphatic rings. The van der Waals surface area contributed by atoms with Crippen LogP contribution in [-0.2, 0) is 0 Å². The van der Waals surface area contributed by atoms with Crippen LogP contribution in [0.1, 0.15) is 30.9 Å². The van der Waals surface area contributed by atoms with E-state index in [0.29, 0.717) is 18.3 Å². The van der Waals surface area contributed by atoms with Gasteiger partial charge in [-0.3, -0.25) is 0 Å². The summed E-state index contributed by atoms with van der Waals surface area (Å²) in [5.41, 5.74) is 0.276. The van der Waals surface area contributed by atoms with Crippen molar-refractivity contribution in [1.29, 1.82) is 0 Å². The lowest BCUT2D eigenvalue weighted by Crippen LogP contribution is -2.20. The van der Waals surface area contributed by atoms with Gasteiger partial charge in [-0.2, -0.15) is 0 Å². The number of halogens is 2. The van der Waals surface area contributed by atoms with E-state index in [9.17, 15) is 14.6 Å². The van der Waals surface area contributed by atoms with Gasteiger partial charge >= 0.3 is 0 Å². The molecular formula is C14H18ClFO3. The number of hydrogen-bond acceptors (Lipinski definition) is 3. The highest BCUT2D eigenvalue weighted by atomic mass is 35.5. The summed E-state index contributed by atoms with van der Waals surface area (Å²) in [6.07, 6.45) is 0.315. The van der Waals surface area contributed by atoms with Gasteiger partial charge in [0.15, 0.2) is 0 Å². The van der Waals surface area contributed by atoms with E-state index < -0.39 is 18.0 Å². The topological polar surface area (TPSA) is 49.7 Å². The van der Waals surface area contributed by atoms with Gasteiger partial charge in [-0.25, -0.2) is 4.39 Å². The van der Waals surface area contributed by atoms with Crippen LogP contribution in [0.5, 0.6) is 5.75 Å². The molecule has 2 unspecified atom stereocenters. The largest absolute Gasteiger partial charge is 0.493 e. The van der Waals surface area contributed by atoms with E-state index in [-0.39, 0.29) is 17.9 Å². The minimum absolute atomic E-state index is 0.228. The third kappa shape index (κ3) is 4.06. The smallest absolute Gasteiger partial charge is 0.125 e. The van der Waals surface area contributed by atoms with Gasteiger partial charge in [0.05, 0.1) is 12.7 Å². The van der Waals surface area contributed by atoms with Gasteiger partial charge in [0.1, 0.15) is 17.7 Å². The Morgan fingerprint density at radius 3 is 2.74 bits per heavy atom. The van der Waals surface area contributed by atoms with Gasteiger partial charge in [0.2, 0.25) is 0 Å². The van der Waals surface area contributed by atoms with Crippen molar-refractivity contribution in [1.82, 2.24) is 0 Å². The van der Waals surface area contributed by atoms with Crippen molar-refractivity contribution in [2.75, 3.05) is 12.5 Å². The predicted octanol–water partition coefficient (Wildman–Crippen LogP) is 2.64. The van der Waals surface area contributed by atoms with E-state index in [1.54, 1.807) is 0 Å². The van der Waals surface area contributed by atoms with E-state index in [0.717, 1.165) is 12.8 Å². The molecule has 1 aromatic carbocycles. The monoisotopic (exact) mass is 288 g/mol. The van der Waals surface area contributed by atoms with Crippen LogP contribution in [0.4, 0.5) is 4.39 Å². The molecule has 0 bridgehead atoms. The van der Waals surface area contributed by atoms with Crippen LogP contribution in [0.3, 0.4) is 0 Å². The second-order valence-electron chi connectivity index (χ2n) is 4.93. The highest BCUT2D eigenvalue weighted by molar-refractivity contribution is 6.17. The number of hydrogen-bond donors (Lipinski definition) is 2. The molecule has 1 fully saturated rings. The lowest BCUT2D eigenvalue weighted by Gasteiger charge is -2.20. The molecular weight excluding hydrogens is 271 g/mol. The fraction of sp³-hybridized carbons (Fsp3) is 0.571. The zero-order valence-corrected chi connectivity index (χ0v) is 11.3. The van der Waals surface area contributed by atoms with Crippen molar-refractivity contribution >= 4 is 11.6 Å². The van der Waals surface area contributed by atoms with Gasteiger partial charge in [-0.1, -0.05) is 0 Å². The van der Waals surface area contributed by atoms with E-state index in [4.69, 9.17) is 16.3 Å². The summed E-state index contributed by atoms with van der Waals surface area (Å²) in [6, 6.07) is 3.97. The molecule has 3 nitrogen and oxygen atoms in total. The first-order chi connectivity index (χ1) is 9.11. The maximum absolute atomic E-state index is 13.3. The van der Waals surface area contributed by atoms with Gasteiger partial charge in [-0.15, -0.1) is 11.6 Å². The summed E-state index contributed by atoms with van der Waals surface area (Å²) in [4.78, 5) is 0. The second-order valence-corrected chi connectivity index (χ2v) is 5.30. The minimum atomic E-state index is -1.19. The molecule has 5 heteroatoms. The van der Waals surface area contributed by atoms with Crippen molar-refractivity contribution < 1.29 is 19.3 Å². The molecule has 2 N–H and O–H groups in total. The zero-order chi connectivity index (χ0) is 13.8. The van der Waals surface area contributed by atoms with Crippen LogP contribution in [0.15, 0.2) is 18.2 Å².